The maximum absolute atomic E-state index is 12.2. The van der Waals surface area contributed by atoms with Gasteiger partial charge in [0.1, 0.15) is 12.4 Å². The molecule has 0 aliphatic heterocycles. The zero-order valence-corrected chi connectivity index (χ0v) is 13.9. The average molecular weight is 338 g/mol. The van der Waals surface area contributed by atoms with E-state index in [9.17, 15) is 14.5 Å². The van der Waals surface area contributed by atoms with Crippen LogP contribution < -0.4 is 0 Å². The van der Waals surface area contributed by atoms with Gasteiger partial charge in [0, 0.05) is 5.56 Å². The molecule has 0 heterocycles. The molecule has 2 aromatic rings. The Bertz CT molecular complexity index is 732. The van der Waals surface area contributed by atoms with Crippen LogP contribution in [0.15, 0.2) is 36.4 Å². The molecule has 0 radical (unpaired) electrons. The van der Waals surface area contributed by atoms with Crippen molar-refractivity contribution in [3.63, 3.8) is 0 Å². The highest BCUT2D eigenvalue weighted by Crippen LogP contribution is 2.49. The summed E-state index contributed by atoms with van der Waals surface area (Å²) in [5.74, 6) is -0.172. The van der Waals surface area contributed by atoms with E-state index in [4.69, 9.17) is 13.6 Å². The molecule has 0 saturated heterocycles. The van der Waals surface area contributed by atoms with Crippen LogP contribution in [0.2, 0.25) is 0 Å². The summed E-state index contributed by atoms with van der Waals surface area (Å²) >= 11 is 0. The lowest BCUT2D eigenvalue weighted by atomic mass is 10.0. The van der Waals surface area contributed by atoms with Gasteiger partial charge in [-0.15, -0.1) is 0 Å². The van der Waals surface area contributed by atoms with Gasteiger partial charge in [-0.2, -0.15) is 0 Å². The number of carbonyl (C=O) groups is 1. The number of phenolic OH excluding ortho intramolecular Hbond substituents is 1. The summed E-state index contributed by atoms with van der Waals surface area (Å²) in [5, 5.41) is 11.1. The molecule has 0 saturated carbocycles. The second kappa shape index (κ2) is 7.70. The number of fused-ring (bicyclic) bond motifs is 1. The van der Waals surface area contributed by atoms with Crippen molar-refractivity contribution >= 4 is 24.4 Å². The summed E-state index contributed by atoms with van der Waals surface area (Å²) in [7, 11) is -3.70. The predicted octanol–water partition coefficient (Wildman–Crippen LogP) is 3.93. The fraction of sp³-hybridized carbons (Fsp3) is 0.312. The number of benzene rings is 2. The van der Waals surface area contributed by atoms with E-state index in [0.717, 1.165) is 10.8 Å². The first-order valence-corrected chi connectivity index (χ1v) is 8.73. The van der Waals surface area contributed by atoms with Crippen molar-refractivity contribution in [3.8, 4) is 5.75 Å². The van der Waals surface area contributed by atoms with Crippen molar-refractivity contribution in [1.29, 1.82) is 0 Å². The molecule has 7 heteroatoms. The molecular formula is C16H19O6P. The first-order valence-electron chi connectivity index (χ1n) is 7.27. The lowest BCUT2D eigenvalue weighted by molar-refractivity contribution is 0.0816. The molecule has 6 nitrogen and oxygen atoms in total. The molecule has 0 spiro atoms. The SMILES string of the molecule is CCOP(=O)(OCC)OCC(=O)c1ccc2cc(O)ccc2c1. The van der Waals surface area contributed by atoms with Gasteiger partial charge in [0.25, 0.3) is 0 Å². The molecular weight excluding hydrogens is 319 g/mol. The molecule has 0 unspecified atom stereocenters. The van der Waals surface area contributed by atoms with Crippen LogP contribution in [0.4, 0.5) is 0 Å². The van der Waals surface area contributed by atoms with Crippen LogP contribution in [0.1, 0.15) is 24.2 Å². The molecule has 0 aliphatic rings. The Morgan fingerprint density at radius 1 is 1.00 bits per heavy atom. The summed E-state index contributed by atoms with van der Waals surface area (Å²) in [4.78, 5) is 12.2. The summed E-state index contributed by atoms with van der Waals surface area (Å²) in [5.41, 5.74) is 0.419. The first kappa shape index (κ1) is 17.6. The van der Waals surface area contributed by atoms with Gasteiger partial charge in [0.05, 0.1) is 13.2 Å². The number of aromatic hydroxyl groups is 1. The van der Waals surface area contributed by atoms with Gasteiger partial charge in [-0.05, 0) is 42.8 Å². The Labute approximate surface area is 134 Å². The van der Waals surface area contributed by atoms with Gasteiger partial charge in [-0.25, -0.2) is 4.57 Å². The van der Waals surface area contributed by atoms with E-state index in [2.05, 4.69) is 0 Å². The van der Waals surface area contributed by atoms with E-state index in [1.165, 1.54) is 0 Å². The first-order chi connectivity index (χ1) is 11.0. The largest absolute Gasteiger partial charge is 0.508 e. The minimum absolute atomic E-state index is 0.158. The highest BCUT2D eigenvalue weighted by molar-refractivity contribution is 7.48. The summed E-state index contributed by atoms with van der Waals surface area (Å²) in [6.07, 6.45) is 0. The lowest BCUT2D eigenvalue weighted by Crippen LogP contribution is -2.10. The standard InChI is InChI=1S/C16H19O6P/c1-3-20-23(19,21-4-2)22-11-16(18)14-6-5-13-10-15(17)8-7-12(13)9-14/h5-10,17H,3-4,11H2,1-2H3. The number of phosphoric acid groups is 1. The number of Topliss-reactive ketones (excluding diaryl/α,β-unsaturated/α-hetero) is 1. The second-order valence-corrected chi connectivity index (χ2v) is 6.39. The Morgan fingerprint density at radius 2 is 1.61 bits per heavy atom. The highest BCUT2D eigenvalue weighted by atomic mass is 31.2. The number of carbonyl (C=O) groups excluding carboxylic acids is 1. The normalized spacial score (nSPS) is 11.7. The number of ketones is 1. The molecule has 0 fully saturated rings. The number of phenols is 1. The second-order valence-electron chi connectivity index (χ2n) is 4.73. The van der Waals surface area contributed by atoms with Crippen LogP contribution >= 0.6 is 7.82 Å². The molecule has 2 rings (SSSR count). The quantitative estimate of drug-likeness (QED) is 0.580. The number of phosphoric ester groups is 1. The van der Waals surface area contributed by atoms with Crippen LogP contribution in [0, 0.1) is 0 Å². The molecule has 2 aromatic carbocycles. The van der Waals surface area contributed by atoms with E-state index >= 15 is 0 Å². The minimum Gasteiger partial charge on any atom is -0.508 e. The van der Waals surface area contributed by atoms with E-state index in [-0.39, 0.29) is 24.7 Å². The van der Waals surface area contributed by atoms with Crippen molar-refractivity contribution in [3.05, 3.63) is 42.0 Å². The van der Waals surface area contributed by atoms with Gasteiger partial charge >= 0.3 is 7.82 Å². The zero-order chi connectivity index (χ0) is 16.9. The molecule has 124 valence electrons. The Morgan fingerprint density at radius 3 is 2.26 bits per heavy atom. The van der Waals surface area contributed by atoms with Crippen molar-refractivity contribution in [1.82, 2.24) is 0 Å². The van der Waals surface area contributed by atoms with Crippen molar-refractivity contribution in [2.24, 2.45) is 0 Å². The van der Waals surface area contributed by atoms with Crippen molar-refractivity contribution < 1.29 is 28.0 Å². The highest BCUT2D eigenvalue weighted by Gasteiger charge is 2.26. The summed E-state index contributed by atoms with van der Waals surface area (Å²) in [6.45, 7) is 3.24. The Balaban J connectivity index is 2.11. The average Bonchev–Trinajstić information content (AvgIpc) is 2.52. The summed E-state index contributed by atoms with van der Waals surface area (Å²) in [6, 6.07) is 9.91. The Hall–Kier alpha value is -1.72. The van der Waals surface area contributed by atoms with Gasteiger partial charge in [0.2, 0.25) is 0 Å². The molecule has 0 atom stereocenters. The predicted molar refractivity (Wildman–Crippen MR) is 86.8 cm³/mol. The van der Waals surface area contributed by atoms with Crippen LogP contribution in [0.5, 0.6) is 5.75 Å². The lowest BCUT2D eigenvalue weighted by Gasteiger charge is -2.15. The topological polar surface area (TPSA) is 82.1 Å². The zero-order valence-electron chi connectivity index (χ0n) is 13.0. The third kappa shape index (κ3) is 4.62. The third-order valence-electron chi connectivity index (χ3n) is 3.07. The number of hydrogen-bond donors (Lipinski definition) is 1. The van der Waals surface area contributed by atoms with Gasteiger partial charge < -0.3 is 5.11 Å². The molecule has 23 heavy (non-hydrogen) atoms. The minimum atomic E-state index is -3.70. The van der Waals surface area contributed by atoms with Crippen LogP contribution in [0.3, 0.4) is 0 Å². The van der Waals surface area contributed by atoms with Crippen molar-refractivity contribution in [2.45, 2.75) is 13.8 Å². The fourth-order valence-corrected chi connectivity index (χ4v) is 3.19. The van der Waals surface area contributed by atoms with Crippen LogP contribution in [-0.2, 0) is 18.1 Å². The number of rotatable bonds is 8. The monoisotopic (exact) mass is 338 g/mol. The van der Waals surface area contributed by atoms with Gasteiger partial charge in [-0.3, -0.25) is 18.4 Å². The smallest absolute Gasteiger partial charge is 0.475 e. The molecule has 0 amide bonds. The van der Waals surface area contributed by atoms with E-state index in [1.54, 1.807) is 50.2 Å². The fourth-order valence-electron chi connectivity index (χ4n) is 2.06. The maximum Gasteiger partial charge on any atom is 0.475 e. The third-order valence-corrected chi connectivity index (χ3v) is 4.67. The van der Waals surface area contributed by atoms with E-state index < -0.39 is 14.4 Å². The molecule has 0 aliphatic carbocycles. The Kier molecular flexibility index (Phi) is 5.91. The van der Waals surface area contributed by atoms with E-state index in [1.807, 2.05) is 0 Å². The number of hydrogen-bond acceptors (Lipinski definition) is 6. The van der Waals surface area contributed by atoms with Gasteiger partial charge in [-0.1, -0.05) is 18.2 Å². The van der Waals surface area contributed by atoms with Crippen LogP contribution in [0.25, 0.3) is 10.8 Å². The molecule has 0 bridgehead atoms. The summed E-state index contributed by atoms with van der Waals surface area (Å²) < 4.78 is 27.2. The van der Waals surface area contributed by atoms with Gasteiger partial charge in [0.15, 0.2) is 5.78 Å². The molecule has 0 aromatic heterocycles. The maximum atomic E-state index is 12.2. The molecule has 1 N–H and O–H groups in total. The van der Waals surface area contributed by atoms with Crippen molar-refractivity contribution in [2.75, 3.05) is 19.8 Å². The van der Waals surface area contributed by atoms with Crippen LogP contribution in [-0.4, -0.2) is 30.7 Å². The van der Waals surface area contributed by atoms with E-state index in [0.29, 0.717) is 5.56 Å².